The number of aliphatic carboxylic acids is 1. The number of hydrogen-bond acceptors (Lipinski definition) is 4. The Morgan fingerprint density at radius 1 is 1.16 bits per heavy atom. The molecule has 0 spiro atoms. The Labute approximate surface area is 112 Å². The van der Waals surface area contributed by atoms with Crippen LogP contribution in [-0.4, -0.2) is 88.8 Å². The maximum absolute atomic E-state index is 12.3. The van der Waals surface area contributed by atoms with Crippen LogP contribution in [0.5, 0.6) is 0 Å². The fraction of sp³-hybridized carbons (Fsp3) is 0.833. The monoisotopic (exact) mass is 271 g/mol. The Kier molecular flexibility index (Phi) is 4.60. The molecule has 1 aliphatic carbocycles. The molecule has 108 valence electrons. The summed E-state index contributed by atoms with van der Waals surface area (Å²) in [6.45, 7) is 2.71. The van der Waals surface area contributed by atoms with Gasteiger partial charge in [0.25, 0.3) is 0 Å². The van der Waals surface area contributed by atoms with Crippen LogP contribution in [0.3, 0.4) is 0 Å². The molecule has 1 saturated heterocycles. The number of carbonyl (C=O) groups is 2. The van der Waals surface area contributed by atoms with E-state index in [0.717, 1.165) is 12.8 Å². The summed E-state index contributed by atoms with van der Waals surface area (Å²) in [4.78, 5) is 28.3. The lowest BCUT2D eigenvalue weighted by molar-refractivity contribution is -0.138. The number of carbonyl (C=O) groups excluding carboxylic acids is 1. The van der Waals surface area contributed by atoms with Gasteiger partial charge in [0.1, 0.15) is 0 Å². The second-order valence-electron chi connectivity index (χ2n) is 5.09. The first-order valence-electron chi connectivity index (χ1n) is 6.72. The molecule has 2 fully saturated rings. The Bertz CT molecular complexity index is 338. The largest absolute Gasteiger partial charge is 0.480 e. The highest BCUT2D eigenvalue weighted by Gasteiger charge is 2.35. The molecule has 0 aromatic carbocycles. The van der Waals surface area contributed by atoms with E-state index in [1.54, 1.807) is 9.80 Å². The van der Waals surface area contributed by atoms with E-state index in [1.165, 1.54) is 0 Å². The Morgan fingerprint density at radius 3 is 2.26 bits per heavy atom. The van der Waals surface area contributed by atoms with Crippen molar-refractivity contribution >= 4 is 12.0 Å². The van der Waals surface area contributed by atoms with Crippen LogP contribution in [0.1, 0.15) is 12.8 Å². The zero-order valence-corrected chi connectivity index (χ0v) is 11.0. The van der Waals surface area contributed by atoms with Crippen LogP contribution in [0.4, 0.5) is 4.79 Å². The average Bonchev–Trinajstić information content (AvgIpc) is 3.19. The number of amides is 2. The van der Waals surface area contributed by atoms with E-state index in [2.05, 4.69) is 0 Å². The molecule has 1 aliphatic heterocycles. The zero-order valence-electron chi connectivity index (χ0n) is 11.0. The highest BCUT2D eigenvalue weighted by molar-refractivity contribution is 5.75. The molecule has 0 radical (unpaired) electrons. The minimum atomic E-state index is -0.834. The highest BCUT2D eigenvalue weighted by Crippen LogP contribution is 2.27. The van der Waals surface area contributed by atoms with E-state index in [1.807, 2.05) is 4.90 Å². The predicted molar refractivity (Wildman–Crippen MR) is 67.9 cm³/mol. The quantitative estimate of drug-likeness (QED) is 0.688. The number of piperazine rings is 1. The van der Waals surface area contributed by atoms with Gasteiger partial charge in [-0.05, 0) is 12.8 Å². The molecule has 19 heavy (non-hydrogen) atoms. The standard InChI is InChI=1S/C12H21N3O4/c16-8-7-15(10-1-2-10)12(19)14-5-3-13(4-6-14)9-11(17)18/h10,16H,1-9H2,(H,17,18). The summed E-state index contributed by atoms with van der Waals surface area (Å²) in [6, 6.07) is 0.267. The molecule has 1 heterocycles. The van der Waals surface area contributed by atoms with E-state index in [9.17, 15) is 9.59 Å². The van der Waals surface area contributed by atoms with Crippen LogP contribution in [0, 0.1) is 0 Å². The molecule has 2 N–H and O–H groups in total. The lowest BCUT2D eigenvalue weighted by Gasteiger charge is -2.37. The van der Waals surface area contributed by atoms with Crippen molar-refractivity contribution in [1.29, 1.82) is 0 Å². The van der Waals surface area contributed by atoms with Gasteiger partial charge in [0, 0.05) is 38.8 Å². The van der Waals surface area contributed by atoms with Crippen molar-refractivity contribution in [3.8, 4) is 0 Å². The number of aliphatic hydroxyl groups excluding tert-OH is 1. The van der Waals surface area contributed by atoms with Crippen LogP contribution >= 0.6 is 0 Å². The predicted octanol–water partition coefficient (Wildman–Crippen LogP) is -0.735. The van der Waals surface area contributed by atoms with Gasteiger partial charge in [-0.25, -0.2) is 4.79 Å². The molecule has 2 aliphatic rings. The lowest BCUT2D eigenvalue weighted by Crippen LogP contribution is -2.54. The van der Waals surface area contributed by atoms with Gasteiger partial charge in [0.2, 0.25) is 0 Å². The molecule has 2 amide bonds. The Hall–Kier alpha value is -1.34. The van der Waals surface area contributed by atoms with Gasteiger partial charge in [-0.2, -0.15) is 0 Å². The van der Waals surface area contributed by atoms with E-state index >= 15 is 0 Å². The number of rotatable bonds is 5. The molecular weight excluding hydrogens is 250 g/mol. The third-order valence-electron chi connectivity index (χ3n) is 3.58. The third kappa shape index (κ3) is 3.81. The molecule has 1 saturated carbocycles. The summed E-state index contributed by atoms with van der Waals surface area (Å²) < 4.78 is 0. The first-order valence-corrected chi connectivity index (χ1v) is 6.72. The molecule has 0 atom stereocenters. The maximum Gasteiger partial charge on any atom is 0.320 e. The molecule has 2 rings (SSSR count). The van der Waals surface area contributed by atoms with Gasteiger partial charge in [-0.1, -0.05) is 0 Å². The molecule has 7 nitrogen and oxygen atoms in total. The van der Waals surface area contributed by atoms with Gasteiger partial charge >= 0.3 is 12.0 Å². The van der Waals surface area contributed by atoms with Crippen molar-refractivity contribution < 1.29 is 19.8 Å². The molecule has 0 unspecified atom stereocenters. The van der Waals surface area contributed by atoms with Crippen LogP contribution < -0.4 is 0 Å². The van der Waals surface area contributed by atoms with E-state index in [0.29, 0.717) is 32.7 Å². The number of hydrogen-bond donors (Lipinski definition) is 2. The van der Waals surface area contributed by atoms with Crippen molar-refractivity contribution in [1.82, 2.24) is 14.7 Å². The van der Waals surface area contributed by atoms with E-state index in [4.69, 9.17) is 10.2 Å². The van der Waals surface area contributed by atoms with E-state index in [-0.39, 0.29) is 25.2 Å². The normalized spacial score (nSPS) is 20.4. The summed E-state index contributed by atoms with van der Waals surface area (Å²) in [5.41, 5.74) is 0. The summed E-state index contributed by atoms with van der Waals surface area (Å²) in [5.74, 6) is -0.834. The summed E-state index contributed by atoms with van der Waals surface area (Å²) >= 11 is 0. The minimum Gasteiger partial charge on any atom is -0.480 e. The van der Waals surface area contributed by atoms with Gasteiger partial charge in [-0.3, -0.25) is 9.69 Å². The number of carboxylic acid groups (broad SMARTS) is 1. The maximum atomic E-state index is 12.3. The van der Waals surface area contributed by atoms with Crippen molar-refractivity contribution in [2.45, 2.75) is 18.9 Å². The van der Waals surface area contributed by atoms with Crippen molar-refractivity contribution in [3.05, 3.63) is 0 Å². The van der Waals surface area contributed by atoms with Gasteiger partial charge in [-0.15, -0.1) is 0 Å². The minimum absolute atomic E-state index is 0.0127. The van der Waals surface area contributed by atoms with Crippen molar-refractivity contribution in [3.63, 3.8) is 0 Å². The summed E-state index contributed by atoms with van der Waals surface area (Å²) in [6.07, 6.45) is 2.04. The fourth-order valence-electron chi connectivity index (χ4n) is 2.40. The molecule has 7 heteroatoms. The highest BCUT2D eigenvalue weighted by atomic mass is 16.4. The number of urea groups is 1. The molecular formula is C12H21N3O4. The van der Waals surface area contributed by atoms with Gasteiger partial charge in [0.05, 0.1) is 13.2 Å². The Morgan fingerprint density at radius 2 is 1.79 bits per heavy atom. The van der Waals surface area contributed by atoms with Gasteiger partial charge < -0.3 is 20.0 Å². The number of aliphatic hydroxyl groups is 1. The smallest absolute Gasteiger partial charge is 0.320 e. The Balaban J connectivity index is 1.82. The van der Waals surface area contributed by atoms with Gasteiger partial charge in [0.15, 0.2) is 0 Å². The van der Waals surface area contributed by atoms with Crippen LogP contribution in [0.25, 0.3) is 0 Å². The number of nitrogens with zero attached hydrogens (tertiary/aromatic N) is 3. The second kappa shape index (κ2) is 6.21. The molecule has 0 bridgehead atoms. The summed E-state index contributed by atoms with van der Waals surface area (Å²) in [5, 5.41) is 17.7. The molecule has 0 aromatic heterocycles. The van der Waals surface area contributed by atoms with Crippen LogP contribution in [0.2, 0.25) is 0 Å². The third-order valence-corrected chi connectivity index (χ3v) is 3.58. The SMILES string of the molecule is O=C(O)CN1CCN(C(=O)N(CCO)C2CC2)CC1. The zero-order chi connectivity index (χ0) is 13.8. The van der Waals surface area contributed by atoms with Crippen LogP contribution in [0.15, 0.2) is 0 Å². The fourth-order valence-corrected chi connectivity index (χ4v) is 2.40. The first kappa shape index (κ1) is 14.1. The summed E-state index contributed by atoms with van der Waals surface area (Å²) in [7, 11) is 0. The number of carboxylic acids is 1. The van der Waals surface area contributed by atoms with Crippen molar-refractivity contribution in [2.75, 3.05) is 45.9 Å². The first-order chi connectivity index (χ1) is 9.11. The topological polar surface area (TPSA) is 84.3 Å². The molecule has 0 aromatic rings. The average molecular weight is 271 g/mol. The van der Waals surface area contributed by atoms with Crippen molar-refractivity contribution in [2.24, 2.45) is 0 Å². The lowest BCUT2D eigenvalue weighted by atomic mass is 10.3. The second-order valence-corrected chi connectivity index (χ2v) is 5.09. The van der Waals surface area contributed by atoms with Crippen LogP contribution in [-0.2, 0) is 4.79 Å². The van der Waals surface area contributed by atoms with E-state index < -0.39 is 5.97 Å².